The van der Waals surface area contributed by atoms with Crippen LogP contribution in [0.25, 0.3) is 11.0 Å². The Balaban J connectivity index is 1.77. The predicted molar refractivity (Wildman–Crippen MR) is 132 cm³/mol. The van der Waals surface area contributed by atoms with Crippen LogP contribution in [0.3, 0.4) is 0 Å². The minimum Gasteiger partial charge on any atom is -0.497 e. The summed E-state index contributed by atoms with van der Waals surface area (Å²) in [5, 5.41) is 11.0. The van der Waals surface area contributed by atoms with Gasteiger partial charge in [0.1, 0.15) is 29.7 Å². The van der Waals surface area contributed by atoms with Crippen LogP contribution in [0, 0.1) is 5.82 Å². The lowest BCUT2D eigenvalue weighted by atomic mass is 10.0. The molecule has 10 heteroatoms. The molecule has 9 nitrogen and oxygen atoms in total. The normalized spacial score (nSPS) is 11.8. The highest BCUT2D eigenvalue weighted by molar-refractivity contribution is 6.01. The van der Waals surface area contributed by atoms with Crippen LogP contribution in [0.1, 0.15) is 11.6 Å². The molecule has 0 fully saturated rings. The summed E-state index contributed by atoms with van der Waals surface area (Å²) >= 11 is 0. The fourth-order valence-electron chi connectivity index (χ4n) is 3.85. The van der Waals surface area contributed by atoms with Crippen LogP contribution in [-0.2, 0) is 20.9 Å². The van der Waals surface area contributed by atoms with E-state index in [2.05, 4.69) is 15.6 Å². The van der Waals surface area contributed by atoms with Crippen LogP contribution < -0.4 is 15.0 Å². The molecule has 4 aromatic rings. The van der Waals surface area contributed by atoms with Crippen molar-refractivity contribution in [2.24, 2.45) is 0 Å². The predicted octanol–water partition coefficient (Wildman–Crippen LogP) is 3.12. The lowest BCUT2D eigenvalue weighted by Gasteiger charge is -2.31. The van der Waals surface area contributed by atoms with E-state index in [0.29, 0.717) is 34.6 Å². The highest BCUT2D eigenvalue weighted by Crippen LogP contribution is 2.30. The van der Waals surface area contributed by atoms with Crippen LogP contribution >= 0.6 is 0 Å². The van der Waals surface area contributed by atoms with Crippen molar-refractivity contribution in [2.75, 3.05) is 32.3 Å². The third kappa shape index (κ3) is 5.49. The molecule has 1 N–H and O–H groups in total. The van der Waals surface area contributed by atoms with Gasteiger partial charge >= 0.3 is 0 Å². The van der Waals surface area contributed by atoms with Crippen molar-refractivity contribution < 1.29 is 23.5 Å². The van der Waals surface area contributed by atoms with E-state index in [4.69, 9.17) is 9.47 Å². The summed E-state index contributed by atoms with van der Waals surface area (Å²) in [6, 6.07) is 18.5. The maximum Gasteiger partial charge on any atom is 0.249 e. The van der Waals surface area contributed by atoms with Gasteiger partial charge in [0.15, 0.2) is 0 Å². The summed E-state index contributed by atoms with van der Waals surface area (Å²) in [4.78, 5) is 28.7. The van der Waals surface area contributed by atoms with E-state index in [1.807, 2.05) is 18.2 Å². The third-order valence-corrected chi connectivity index (χ3v) is 5.62. The summed E-state index contributed by atoms with van der Waals surface area (Å²) in [5.41, 5.74) is 2.23. The SMILES string of the molecule is COCCNC(=O)C(c1ccc(F)cc1)N(C(=O)Cn1nnc2ccccc21)c1ccc(OC)cc1. The smallest absolute Gasteiger partial charge is 0.249 e. The van der Waals surface area contributed by atoms with E-state index in [1.54, 1.807) is 30.3 Å². The van der Waals surface area contributed by atoms with E-state index < -0.39 is 23.7 Å². The van der Waals surface area contributed by atoms with E-state index in [1.165, 1.54) is 48.1 Å². The number of rotatable bonds is 10. The number of para-hydroxylation sites is 1. The number of carbonyl (C=O) groups is 2. The number of halogens is 1. The molecule has 0 bridgehead atoms. The number of carbonyl (C=O) groups excluding carboxylic acids is 2. The first-order valence-corrected chi connectivity index (χ1v) is 11.3. The summed E-state index contributed by atoms with van der Waals surface area (Å²) in [5.74, 6) is -0.705. The number of hydrogen-bond donors (Lipinski definition) is 1. The molecular weight excluding hydrogens is 465 g/mol. The Morgan fingerprint density at radius 3 is 2.44 bits per heavy atom. The van der Waals surface area contributed by atoms with Crippen LogP contribution in [-0.4, -0.2) is 54.2 Å². The fraction of sp³-hybridized carbons (Fsp3) is 0.231. The molecule has 1 unspecified atom stereocenters. The average Bonchev–Trinajstić information content (AvgIpc) is 3.30. The Hall–Kier alpha value is -4.31. The number of ether oxygens (including phenoxy) is 2. The molecule has 1 atom stereocenters. The highest BCUT2D eigenvalue weighted by atomic mass is 19.1. The maximum absolute atomic E-state index is 13.9. The van der Waals surface area contributed by atoms with Gasteiger partial charge in [-0.3, -0.25) is 14.5 Å². The standard InChI is InChI=1S/C26H26FN5O4/c1-35-16-15-28-26(34)25(18-7-9-19(27)10-8-18)32(20-11-13-21(36-2)14-12-20)24(33)17-31-23-6-4-3-5-22(23)29-30-31/h3-14,25H,15-17H2,1-2H3,(H,28,34). The average molecular weight is 492 g/mol. The number of nitrogens with one attached hydrogen (secondary N) is 1. The summed E-state index contributed by atoms with van der Waals surface area (Å²) in [7, 11) is 3.07. The van der Waals surface area contributed by atoms with Crippen molar-refractivity contribution in [1.82, 2.24) is 20.3 Å². The zero-order valence-electron chi connectivity index (χ0n) is 19.9. The Bertz CT molecular complexity index is 1320. The first-order chi connectivity index (χ1) is 17.5. The zero-order valence-corrected chi connectivity index (χ0v) is 19.9. The van der Waals surface area contributed by atoms with Crippen LogP contribution in [0.4, 0.5) is 10.1 Å². The van der Waals surface area contributed by atoms with Gasteiger partial charge in [0.05, 0.1) is 19.2 Å². The second-order valence-electron chi connectivity index (χ2n) is 7.94. The summed E-state index contributed by atoms with van der Waals surface area (Å²) in [6.45, 7) is 0.365. The molecule has 1 heterocycles. The molecule has 0 radical (unpaired) electrons. The number of fused-ring (bicyclic) bond motifs is 1. The quantitative estimate of drug-likeness (QED) is 0.342. The molecule has 0 saturated carbocycles. The zero-order chi connectivity index (χ0) is 25.5. The van der Waals surface area contributed by atoms with Crippen LogP contribution in [0.2, 0.25) is 0 Å². The van der Waals surface area contributed by atoms with Gasteiger partial charge in [-0.15, -0.1) is 5.10 Å². The Kier molecular flexibility index (Phi) is 7.86. The van der Waals surface area contributed by atoms with Crippen molar-refractivity contribution in [3.8, 4) is 5.75 Å². The second-order valence-corrected chi connectivity index (χ2v) is 7.94. The van der Waals surface area contributed by atoms with Crippen molar-refractivity contribution >= 4 is 28.5 Å². The van der Waals surface area contributed by atoms with Crippen molar-refractivity contribution in [3.63, 3.8) is 0 Å². The molecule has 0 saturated heterocycles. The van der Waals surface area contributed by atoms with Gasteiger partial charge in [-0.05, 0) is 54.1 Å². The summed E-state index contributed by atoms with van der Waals surface area (Å²) in [6.07, 6.45) is 0. The van der Waals surface area contributed by atoms with Gasteiger partial charge in [-0.1, -0.05) is 29.5 Å². The van der Waals surface area contributed by atoms with Crippen molar-refractivity contribution in [3.05, 3.63) is 84.2 Å². The monoisotopic (exact) mass is 491 g/mol. The van der Waals surface area contributed by atoms with Gasteiger partial charge < -0.3 is 14.8 Å². The molecule has 1 aromatic heterocycles. The first-order valence-electron chi connectivity index (χ1n) is 11.3. The number of anilines is 1. The molecule has 0 aliphatic carbocycles. The first kappa shape index (κ1) is 24.8. The number of hydrogen-bond acceptors (Lipinski definition) is 6. The minimum absolute atomic E-state index is 0.171. The molecule has 0 aliphatic heterocycles. The van der Waals surface area contributed by atoms with E-state index in [-0.39, 0.29) is 13.1 Å². The lowest BCUT2D eigenvalue weighted by molar-refractivity contribution is -0.127. The van der Waals surface area contributed by atoms with Crippen molar-refractivity contribution in [1.29, 1.82) is 0 Å². The Morgan fingerprint density at radius 1 is 1.03 bits per heavy atom. The molecular formula is C26H26FN5O4. The highest BCUT2D eigenvalue weighted by Gasteiger charge is 2.33. The molecule has 2 amide bonds. The molecule has 3 aromatic carbocycles. The van der Waals surface area contributed by atoms with E-state index in [9.17, 15) is 14.0 Å². The second kappa shape index (κ2) is 11.4. The molecule has 186 valence electrons. The lowest BCUT2D eigenvalue weighted by Crippen LogP contribution is -2.46. The molecule has 0 spiro atoms. The number of aromatic nitrogens is 3. The van der Waals surface area contributed by atoms with E-state index in [0.717, 1.165) is 0 Å². The molecule has 4 rings (SSSR count). The van der Waals surface area contributed by atoms with Gasteiger partial charge in [-0.25, -0.2) is 9.07 Å². The maximum atomic E-state index is 13.9. The van der Waals surface area contributed by atoms with Crippen LogP contribution in [0.5, 0.6) is 5.75 Å². The molecule has 0 aliphatic rings. The summed E-state index contributed by atoms with van der Waals surface area (Å²) < 4.78 is 25.5. The third-order valence-electron chi connectivity index (χ3n) is 5.62. The Morgan fingerprint density at radius 2 is 1.75 bits per heavy atom. The Labute approximate surface area is 207 Å². The van der Waals surface area contributed by atoms with E-state index >= 15 is 0 Å². The molecule has 36 heavy (non-hydrogen) atoms. The fourth-order valence-corrected chi connectivity index (χ4v) is 3.85. The van der Waals surface area contributed by atoms with Gasteiger partial charge in [-0.2, -0.15) is 0 Å². The van der Waals surface area contributed by atoms with Gasteiger partial charge in [0.2, 0.25) is 11.8 Å². The van der Waals surface area contributed by atoms with Gasteiger partial charge in [0, 0.05) is 19.3 Å². The number of nitrogens with zero attached hydrogens (tertiary/aromatic N) is 4. The van der Waals surface area contributed by atoms with Crippen molar-refractivity contribution in [2.45, 2.75) is 12.6 Å². The minimum atomic E-state index is -1.09. The number of benzene rings is 3. The largest absolute Gasteiger partial charge is 0.497 e. The van der Waals surface area contributed by atoms with Crippen LogP contribution in [0.15, 0.2) is 72.8 Å². The van der Waals surface area contributed by atoms with Gasteiger partial charge in [0.25, 0.3) is 0 Å². The topological polar surface area (TPSA) is 98.6 Å². The number of amides is 2. The number of methoxy groups -OCH3 is 2.